The number of halogens is 1. The Morgan fingerprint density at radius 2 is 1.56 bits per heavy atom. The molecule has 1 atom stereocenters. The van der Waals surface area contributed by atoms with E-state index in [2.05, 4.69) is 10.6 Å². The van der Waals surface area contributed by atoms with Gasteiger partial charge in [0.15, 0.2) is 0 Å². The molecule has 0 heterocycles. The zero-order valence-corrected chi connectivity index (χ0v) is 17.5. The van der Waals surface area contributed by atoms with E-state index in [9.17, 15) is 18.8 Å². The van der Waals surface area contributed by atoms with E-state index in [4.69, 9.17) is 4.74 Å². The first-order chi connectivity index (χ1) is 15.4. The van der Waals surface area contributed by atoms with Crippen molar-refractivity contribution in [3.63, 3.8) is 0 Å². The normalized spacial score (nSPS) is 11.3. The van der Waals surface area contributed by atoms with Crippen LogP contribution in [0.15, 0.2) is 78.9 Å². The predicted octanol–water partition coefficient (Wildman–Crippen LogP) is 4.18. The van der Waals surface area contributed by atoms with Crippen LogP contribution < -0.4 is 10.6 Å². The van der Waals surface area contributed by atoms with Crippen molar-refractivity contribution in [3.05, 3.63) is 101 Å². The zero-order chi connectivity index (χ0) is 22.9. The molecule has 0 bridgehead atoms. The van der Waals surface area contributed by atoms with Crippen molar-refractivity contribution < 1.29 is 23.5 Å². The van der Waals surface area contributed by atoms with Crippen LogP contribution in [-0.2, 0) is 14.3 Å². The van der Waals surface area contributed by atoms with E-state index in [1.807, 2.05) is 19.1 Å². The maximum absolute atomic E-state index is 13.1. The molecule has 2 N–H and O–H groups in total. The highest BCUT2D eigenvalue weighted by Crippen LogP contribution is 2.21. The number of aryl methyl sites for hydroxylation is 1. The summed E-state index contributed by atoms with van der Waals surface area (Å²) in [6, 6.07) is 21.0. The molecule has 6 nitrogen and oxygen atoms in total. The number of hydrogen-bond donors (Lipinski definition) is 2. The first-order valence-electron chi connectivity index (χ1n) is 10.1. The summed E-state index contributed by atoms with van der Waals surface area (Å²) in [5, 5.41) is 5.30. The molecule has 0 spiro atoms. The van der Waals surface area contributed by atoms with E-state index < -0.39 is 23.8 Å². The van der Waals surface area contributed by atoms with Gasteiger partial charge in [0, 0.05) is 23.4 Å². The van der Waals surface area contributed by atoms with Crippen LogP contribution in [0.2, 0.25) is 0 Å². The molecule has 1 unspecified atom stereocenters. The minimum Gasteiger partial charge on any atom is -0.447 e. The number of carbonyl (C=O) groups is 3. The number of ether oxygens (including phenoxy) is 1. The van der Waals surface area contributed by atoms with Crippen LogP contribution >= 0.6 is 0 Å². The standard InChI is InChI=1S/C25H23FN2O4/c1-17-7-5-6-10-21(17)24(30)27-16-15-22(29)32-23(18-8-3-2-4-9-18)25(31)28-20-13-11-19(26)12-14-20/h2-14,23H,15-16H2,1H3,(H,27,30)(H,28,31). The van der Waals surface area contributed by atoms with Crippen molar-refractivity contribution in [1.29, 1.82) is 0 Å². The Bertz CT molecular complexity index is 1080. The van der Waals surface area contributed by atoms with E-state index in [-0.39, 0.29) is 18.9 Å². The van der Waals surface area contributed by atoms with Gasteiger partial charge in [-0.2, -0.15) is 0 Å². The Kier molecular flexibility index (Phi) is 7.70. The van der Waals surface area contributed by atoms with Gasteiger partial charge in [0.05, 0.1) is 6.42 Å². The van der Waals surface area contributed by atoms with E-state index >= 15 is 0 Å². The molecule has 164 valence electrons. The summed E-state index contributed by atoms with van der Waals surface area (Å²) in [7, 11) is 0. The third-order valence-corrected chi connectivity index (χ3v) is 4.71. The Morgan fingerprint density at radius 3 is 2.25 bits per heavy atom. The lowest BCUT2D eigenvalue weighted by Crippen LogP contribution is -2.29. The monoisotopic (exact) mass is 434 g/mol. The number of hydrogen-bond acceptors (Lipinski definition) is 4. The summed E-state index contributed by atoms with van der Waals surface area (Å²) in [4.78, 5) is 37.5. The molecule has 3 aromatic rings. The molecule has 3 rings (SSSR count). The van der Waals surface area contributed by atoms with Crippen molar-refractivity contribution in [2.45, 2.75) is 19.4 Å². The lowest BCUT2D eigenvalue weighted by atomic mass is 10.1. The van der Waals surface area contributed by atoms with Crippen LogP contribution in [-0.4, -0.2) is 24.3 Å². The van der Waals surface area contributed by atoms with Gasteiger partial charge in [0.2, 0.25) is 6.10 Å². The van der Waals surface area contributed by atoms with Crippen molar-refractivity contribution in [2.24, 2.45) is 0 Å². The minimum atomic E-state index is -1.19. The maximum Gasteiger partial charge on any atom is 0.308 e. The van der Waals surface area contributed by atoms with Crippen molar-refractivity contribution in [2.75, 3.05) is 11.9 Å². The number of esters is 1. The third-order valence-electron chi connectivity index (χ3n) is 4.71. The average molecular weight is 434 g/mol. The van der Waals surface area contributed by atoms with Gasteiger partial charge in [-0.05, 0) is 42.8 Å². The highest BCUT2D eigenvalue weighted by atomic mass is 19.1. The van der Waals surface area contributed by atoms with Crippen molar-refractivity contribution in [1.82, 2.24) is 5.32 Å². The Balaban J connectivity index is 1.61. The van der Waals surface area contributed by atoms with Crippen molar-refractivity contribution in [3.8, 4) is 0 Å². The van der Waals surface area contributed by atoms with Crippen LogP contribution in [0.4, 0.5) is 10.1 Å². The van der Waals surface area contributed by atoms with E-state index in [0.717, 1.165) is 5.56 Å². The molecule has 32 heavy (non-hydrogen) atoms. The van der Waals surface area contributed by atoms with Crippen LogP contribution in [0.3, 0.4) is 0 Å². The number of nitrogens with one attached hydrogen (secondary N) is 2. The lowest BCUT2D eigenvalue weighted by molar-refractivity contribution is -0.154. The Labute approximate surface area is 185 Å². The molecule has 0 saturated heterocycles. The molecule has 0 radical (unpaired) electrons. The Morgan fingerprint density at radius 1 is 0.906 bits per heavy atom. The van der Waals surface area contributed by atoms with Crippen LogP contribution in [0.25, 0.3) is 0 Å². The molecule has 0 aliphatic heterocycles. The fourth-order valence-corrected chi connectivity index (χ4v) is 3.03. The quantitative estimate of drug-likeness (QED) is 0.521. The van der Waals surface area contributed by atoms with E-state index in [1.54, 1.807) is 42.5 Å². The van der Waals surface area contributed by atoms with Crippen LogP contribution in [0.1, 0.15) is 34.0 Å². The molecular formula is C25H23FN2O4. The predicted molar refractivity (Wildman–Crippen MR) is 118 cm³/mol. The van der Waals surface area contributed by atoms with Gasteiger partial charge in [0.1, 0.15) is 5.82 Å². The number of amides is 2. The summed E-state index contributed by atoms with van der Waals surface area (Å²) in [5.74, 6) is -1.93. The third kappa shape index (κ3) is 6.25. The molecule has 0 aliphatic rings. The van der Waals surface area contributed by atoms with Crippen LogP contribution in [0.5, 0.6) is 0 Å². The molecule has 0 fully saturated rings. The molecule has 0 saturated carbocycles. The number of anilines is 1. The second kappa shape index (κ2) is 10.9. The summed E-state index contributed by atoms with van der Waals surface area (Å²) in [5.41, 5.74) is 2.22. The molecule has 3 aromatic carbocycles. The first kappa shape index (κ1) is 22.7. The lowest BCUT2D eigenvalue weighted by Gasteiger charge is -2.18. The van der Waals surface area contributed by atoms with Crippen LogP contribution in [0, 0.1) is 12.7 Å². The van der Waals surface area contributed by atoms with Gasteiger partial charge in [-0.3, -0.25) is 14.4 Å². The number of benzene rings is 3. The zero-order valence-electron chi connectivity index (χ0n) is 17.5. The molecule has 0 aromatic heterocycles. The number of carbonyl (C=O) groups excluding carboxylic acids is 3. The highest BCUT2D eigenvalue weighted by molar-refractivity contribution is 5.97. The number of rotatable bonds is 8. The smallest absolute Gasteiger partial charge is 0.308 e. The van der Waals surface area contributed by atoms with E-state index in [1.165, 1.54) is 24.3 Å². The second-order valence-corrected chi connectivity index (χ2v) is 7.10. The fraction of sp³-hybridized carbons (Fsp3) is 0.160. The van der Waals surface area contributed by atoms with Gasteiger partial charge in [-0.25, -0.2) is 4.39 Å². The van der Waals surface area contributed by atoms with Gasteiger partial charge in [-0.1, -0.05) is 48.5 Å². The highest BCUT2D eigenvalue weighted by Gasteiger charge is 2.25. The average Bonchev–Trinajstić information content (AvgIpc) is 2.79. The molecular weight excluding hydrogens is 411 g/mol. The maximum atomic E-state index is 13.1. The molecule has 2 amide bonds. The first-order valence-corrected chi connectivity index (χ1v) is 10.1. The topological polar surface area (TPSA) is 84.5 Å². The van der Waals surface area contributed by atoms with Gasteiger partial charge >= 0.3 is 5.97 Å². The fourth-order valence-electron chi connectivity index (χ4n) is 3.03. The summed E-state index contributed by atoms with van der Waals surface area (Å²) < 4.78 is 18.5. The SMILES string of the molecule is Cc1ccccc1C(=O)NCCC(=O)OC(C(=O)Nc1ccc(F)cc1)c1ccccc1. The van der Waals surface area contributed by atoms with Gasteiger partial charge in [0.25, 0.3) is 11.8 Å². The molecule has 7 heteroatoms. The van der Waals surface area contributed by atoms with Gasteiger partial charge in [-0.15, -0.1) is 0 Å². The summed E-state index contributed by atoms with van der Waals surface area (Å²) >= 11 is 0. The molecule has 0 aliphatic carbocycles. The van der Waals surface area contributed by atoms with Gasteiger partial charge < -0.3 is 15.4 Å². The summed E-state index contributed by atoms with van der Waals surface area (Å²) in [6.45, 7) is 1.89. The van der Waals surface area contributed by atoms with E-state index in [0.29, 0.717) is 16.8 Å². The second-order valence-electron chi connectivity index (χ2n) is 7.10. The summed E-state index contributed by atoms with van der Waals surface area (Å²) in [6.07, 6.45) is -1.30. The minimum absolute atomic E-state index is 0.0626. The largest absolute Gasteiger partial charge is 0.447 e. The Hall–Kier alpha value is -4.00. The van der Waals surface area contributed by atoms with Crippen molar-refractivity contribution >= 4 is 23.5 Å².